The average molecular weight is 401 g/mol. The smallest absolute Gasteiger partial charge is 0.269 e. The lowest BCUT2D eigenvalue weighted by Crippen LogP contribution is -2.36. The van der Waals surface area contributed by atoms with Gasteiger partial charge >= 0.3 is 0 Å². The lowest BCUT2D eigenvalue weighted by molar-refractivity contribution is -0.122. The zero-order valence-corrected chi connectivity index (χ0v) is 16.8. The van der Waals surface area contributed by atoms with Gasteiger partial charge in [0, 0.05) is 13.0 Å². The lowest BCUT2D eigenvalue weighted by atomic mass is 9.97. The molecule has 0 spiro atoms. The predicted molar refractivity (Wildman–Crippen MR) is 106 cm³/mol. The second-order valence-electron chi connectivity index (χ2n) is 7.29. The van der Waals surface area contributed by atoms with Gasteiger partial charge in [0.05, 0.1) is 11.6 Å². The minimum atomic E-state index is -3.89. The first kappa shape index (κ1) is 20.1. The third-order valence-corrected chi connectivity index (χ3v) is 6.54. The summed E-state index contributed by atoms with van der Waals surface area (Å²) in [5, 5.41) is 2.98. The van der Waals surface area contributed by atoms with Crippen molar-refractivity contribution in [2.75, 3.05) is 6.54 Å². The highest BCUT2D eigenvalue weighted by atomic mass is 32.2. The summed E-state index contributed by atoms with van der Waals surface area (Å²) in [6, 6.07) is 15.6. The first-order valence-corrected chi connectivity index (χ1v) is 10.7. The van der Waals surface area contributed by atoms with E-state index in [0.717, 1.165) is 16.3 Å². The molecule has 7 heteroatoms. The van der Waals surface area contributed by atoms with Crippen molar-refractivity contribution in [3.8, 4) is 0 Å². The molecule has 0 bridgehead atoms. The number of rotatable bonds is 7. The summed E-state index contributed by atoms with van der Waals surface area (Å²) in [6.07, 6.45) is 0.683. The third-order valence-electron chi connectivity index (χ3n) is 4.70. The van der Waals surface area contributed by atoms with E-state index >= 15 is 0 Å². The van der Waals surface area contributed by atoms with E-state index in [1.807, 2.05) is 30.3 Å². The standard InChI is InChI=1S/C21H24N2O4S/c1-15(2)14-18(16-8-4-3-5-9-16)22-20(24)12-13-23-21(25)17-10-6-7-11-19(17)28(23,26)27/h3-11,15,18H,12-14H2,1-2H3,(H,22,24)/t18-/m0/s1. The maximum Gasteiger partial charge on any atom is 0.269 e. The van der Waals surface area contributed by atoms with Crippen LogP contribution in [0.3, 0.4) is 0 Å². The van der Waals surface area contributed by atoms with Gasteiger partial charge in [-0.15, -0.1) is 0 Å². The molecule has 2 amide bonds. The molecular formula is C21H24N2O4S. The van der Waals surface area contributed by atoms with Gasteiger partial charge < -0.3 is 5.32 Å². The van der Waals surface area contributed by atoms with Crippen LogP contribution in [0.15, 0.2) is 59.5 Å². The Labute approximate surface area is 165 Å². The Morgan fingerprint density at radius 2 is 1.68 bits per heavy atom. The van der Waals surface area contributed by atoms with Gasteiger partial charge in [-0.25, -0.2) is 12.7 Å². The van der Waals surface area contributed by atoms with Crippen LogP contribution in [-0.2, 0) is 14.8 Å². The number of hydrogen-bond acceptors (Lipinski definition) is 4. The molecule has 3 rings (SSSR count). The number of fused-ring (bicyclic) bond motifs is 1. The van der Waals surface area contributed by atoms with Crippen molar-refractivity contribution in [3.63, 3.8) is 0 Å². The Kier molecular flexibility index (Phi) is 5.84. The quantitative estimate of drug-likeness (QED) is 0.774. The van der Waals surface area contributed by atoms with Crippen LogP contribution in [0.4, 0.5) is 0 Å². The van der Waals surface area contributed by atoms with Crippen molar-refractivity contribution >= 4 is 21.8 Å². The fraction of sp³-hybridized carbons (Fsp3) is 0.333. The van der Waals surface area contributed by atoms with Gasteiger partial charge in [0.1, 0.15) is 4.90 Å². The van der Waals surface area contributed by atoms with E-state index < -0.39 is 15.9 Å². The lowest BCUT2D eigenvalue weighted by Gasteiger charge is -2.22. The van der Waals surface area contributed by atoms with E-state index in [1.54, 1.807) is 12.1 Å². The van der Waals surface area contributed by atoms with Crippen LogP contribution in [0.5, 0.6) is 0 Å². The molecule has 0 unspecified atom stereocenters. The Morgan fingerprint density at radius 3 is 2.32 bits per heavy atom. The predicted octanol–water partition coefficient (Wildman–Crippen LogP) is 3.12. The number of benzene rings is 2. The van der Waals surface area contributed by atoms with Gasteiger partial charge in [0.2, 0.25) is 5.91 Å². The number of amides is 2. The summed E-state index contributed by atoms with van der Waals surface area (Å²) < 4.78 is 25.9. The van der Waals surface area contributed by atoms with Crippen LogP contribution in [0.1, 0.15) is 48.7 Å². The van der Waals surface area contributed by atoms with E-state index in [-0.39, 0.29) is 35.4 Å². The molecule has 148 valence electrons. The molecular weight excluding hydrogens is 376 g/mol. The normalized spacial score (nSPS) is 16.1. The van der Waals surface area contributed by atoms with Crippen molar-refractivity contribution in [2.24, 2.45) is 5.92 Å². The monoisotopic (exact) mass is 400 g/mol. The highest BCUT2D eigenvalue weighted by molar-refractivity contribution is 7.90. The third kappa shape index (κ3) is 4.09. The molecule has 0 radical (unpaired) electrons. The number of sulfonamides is 1. The molecule has 28 heavy (non-hydrogen) atoms. The van der Waals surface area contributed by atoms with E-state index in [4.69, 9.17) is 0 Å². The zero-order valence-electron chi connectivity index (χ0n) is 16.0. The number of hydrogen-bond donors (Lipinski definition) is 1. The van der Waals surface area contributed by atoms with E-state index in [0.29, 0.717) is 5.92 Å². The Balaban J connectivity index is 1.68. The first-order valence-electron chi connectivity index (χ1n) is 9.31. The van der Waals surface area contributed by atoms with E-state index in [9.17, 15) is 18.0 Å². The summed E-state index contributed by atoms with van der Waals surface area (Å²) >= 11 is 0. The van der Waals surface area contributed by atoms with Gasteiger partial charge in [-0.3, -0.25) is 9.59 Å². The van der Waals surface area contributed by atoms with E-state index in [2.05, 4.69) is 19.2 Å². The summed E-state index contributed by atoms with van der Waals surface area (Å²) in [6.45, 7) is 3.98. The molecule has 2 aromatic carbocycles. The van der Waals surface area contributed by atoms with Gasteiger partial charge in [-0.05, 0) is 30.0 Å². The molecule has 0 aromatic heterocycles. The van der Waals surface area contributed by atoms with Gasteiger partial charge in [0.25, 0.3) is 15.9 Å². The fourth-order valence-electron chi connectivity index (χ4n) is 3.36. The maximum atomic E-state index is 12.6. The summed E-state index contributed by atoms with van der Waals surface area (Å²) in [5.74, 6) is -0.487. The number of carbonyl (C=O) groups is 2. The fourth-order valence-corrected chi connectivity index (χ4v) is 4.93. The molecule has 0 saturated heterocycles. The highest BCUT2D eigenvalue weighted by Gasteiger charge is 2.40. The summed E-state index contributed by atoms with van der Waals surface area (Å²) in [4.78, 5) is 24.9. The number of carbonyl (C=O) groups excluding carboxylic acids is 2. The van der Waals surface area contributed by atoms with Crippen molar-refractivity contribution in [1.29, 1.82) is 0 Å². The molecule has 1 N–H and O–H groups in total. The summed E-state index contributed by atoms with van der Waals surface area (Å²) in [5.41, 5.74) is 1.16. The molecule has 0 aliphatic carbocycles. The topological polar surface area (TPSA) is 83.6 Å². The SMILES string of the molecule is CC(C)C[C@H](NC(=O)CCN1C(=O)c2ccccc2S1(=O)=O)c1ccccc1. The van der Waals surface area contributed by atoms with Crippen LogP contribution < -0.4 is 5.32 Å². The Morgan fingerprint density at radius 1 is 1.04 bits per heavy atom. The number of nitrogens with zero attached hydrogens (tertiary/aromatic N) is 1. The maximum absolute atomic E-state index is 12.6. The van der Waals surface area contributed by atoms with Gasteiger partial charge in [-0.1, -0.05) is 56.3 Å². The molecule has 6 nitrogen and oxygen atoms in total. The van der Waals surface area contributed by atoms with Gasteiger partial charge in [-0.2, -0.15) is 0 Å². The molecule has 2 aromatic rings. The second-order valence-corrected chi connectivity index (χ2v) is 9.12. The number of nitrogens with one attached hydrogen (secondary N) is 1. The molecule has 1 aliphatic rings. The zero-order chi connectivity index (χ0) is 20.3. The van der Waals surface area contributed by atoms with Crippen LogP contribution in [-0.4, -0.2) is 31.1 Å². The van der Waals surface area contributed by atoms with Gasteiger partial charge in [0.15, 0.2) is 0 Å². The molecule has 1 aliphatic heterocycles. The minimum absolute atomic E-state index is 0.00220. The molecule has 0 fully saturated rings. The van der Waals surface area contributed by atoms with Crippen molar-refractivity contribution in [3.05, 3.63) is 65.7 Å². The van der Waals surface area contributed by atoms with Crippen LogP contribution in [0.2, 0.25) is 0 Å². The molecule has 1 heterocycles. The van der Waals surface area contributed by atoms with Crippen LogP contribution >= 0.6 is 0 Å². The first-order chi connectivity index (χ1) is 13.3. The van der Waals surface area contributed by atoms with Crippen molar-refractivity contribution in [2.45, 2.75) is 37.6 Å². The largest absolute Gasteiger partial charge is 0.349 e. The molecule has 0 saturated carbocycles. The van der Waals surface area contributed by atoms with Crippen molar-refractivity contribution < 1.29 is 18.0 Å². The second kappa shape index (κ2) is 8.14. The molecule has 1 atom stereocenters. The average Bonchev–Trinajstić information content (AvgIpc) is 2.86. The van der Waals surface area contributed by atoms with E-state index in [1.165, 1.54) is 12.1 Å². The Bertz CT molecular complexity index is 971. The van der Waals surface area contributed by atoms with Crippen molar-refractivity contribution in [1.82, 2.24) is 9.62 Å². The van der Waals surface area contributed by atoms with Crippen LogP contribution in [0.25, 0.3) is 0 Å². The minimum Gasteiger partial charge on any atom is -0.349 e. The van der Waals surface area contributed by atoms with Crippen LogP contribution in [0, 0.1) is 5.92 Å². The highest BCUT2D eigenvalue weighted by Crippen LogP contribution is 2.30. The summed E-state index contributed by atoms with van der Waals surface area (Å²) in [7, 11) is -3.89. The Hall–Kier alpha value is -2.67.